The number of pyridine rings is 2. The van der Waals surface area contributed by atoms with Crippen molar-refractivity contribution in [2.75, 3.05) is 0 Å². The van der Waals surface area contributed by atoms with Gasteiger partial charge in [0.1, 0.15) is 0 Å². The van der Waals surface area contributed by atoms with Crippen LogP contribution in [-0.4, -0.2) is 23.9 Å². The predicted molar refractivity (Wildman–Crippen MR) is 139 cm³/mol. The highest BCUT2D eigenvalue weighted by Gasteiger charge is 2.22. The molecule has 0 saturated carbocycles. The second kappa shape index (κ2) is 8.48. The van der Waals surface area contributed by atoms with E-state index in [9.17, 15) is 9.59 Å². The molecule has 6 rings (SSSR count). The van der Waals surface area contributed by atoms with E-state index in [1.54, 1.807) is 27.7 Å². The minimum Gasteiger partial charge on any atom is -0.308 e. The molecule has 0 atom stereocenters. The van der Waals surface area contributed by atoms with E-state index in [2.05, 4.69) is 4.98 Å². The fourth-order valence-corrected chi connectivity index (χ4v) is 5.44. The van der Waals surface area contributed by atoms with Crippen LogP contribution in [-0.2, 0) is 13.1 Å². The highest BCUT2D eigenvalue weighted by Crippen LogP contribution is 2.26. The molecular formula is C27H21N5O2S. The summed E-state index contributed by atoms with van der Waals surface area (Å²) in [6.07, 6.45) is 3.43. The van der Waals surface area contributed by atoms with Gasteiger partial charge in [-0.05, 0) is 36.2 Å². The Morgan fingerprint density at radius 1 is 0.886 bits per heavy atom. The summed E-state index contributed by atoms with van der Waals surface area (Å²) in [7, 11) is 0. The normalized spacial score (nSPS) is 11.5. The lowest BCUT2D eigenvalue weighted by Crippen LogP contribution is -2.23. The first-order chi connectivity index (χ1) is 17.1. The maximum Gasteiger partial charge on any atom is 0.283 e. The van der Waals surface area contributed by atoms with Crippen LogP contribution in [0.2, 0.25) is 0 Å². The van der Waals surface area contributed by atoms with Crippen molar-refractivity contribution >= 4 is 32.5 Å². The second-order valence-corrected chi connectivity index (χ2v) is 9.41. The average Bonchev–Trinajstić information content (AvgIpc) is 3.41. The van der Waals surface area contributed by atoms with Gasteiger partial charge < -0.3 is 4.57 Å². The fraction of sp³-hybridized carbons (Fsp3) is 0.111. The molecule has 7 nitrogen and oxygen atoms in total. The van der Waals surface area contributed by atoms with Gasteiger partial charge in [-0.1, -0.05) is 59.9 Å². The summed E-state index contributed by atoms with van der Waals surface area (Å²) >= 11 is 1.46. The Morgan fingerprint density at radius 2 is 1.66 bits per heavy atom. The standard InChI is InChI=1S/C27H21N5O2S/c1-18-25-22(14-24(33)30(18)16-20-10-7-13-28-15-20)31(17-19-8-3-2-4-9-19)32(26(25)34)27-29-21-11-5-6-12-23(21)35-27/h2-15H,16-17H2,1H3. The molecule has 0 fully saturated rings. The highest BCUT2D eigenvalue weighted by atomic mass is 32.1. The SMILES string of the molecule is Cc1c2c(=O)n(-c3nc4ccccc4s3)n(Cc3ccccc3)c2cc(=O)n1Cc1cccnc1. The monoisotopic (exact) mass is 479 g/mol. The largest absolute Gasteiger partial charge is 0.308 e. The fourth-order valence-electron chi connectivity index (χ4n) is 4.47. The van der Waals surface area contributed by atoms with Crippen LogP contribution in [0.25, 0.3) is 26.3 Å². The predicted octanol–water partition coefficient (Wildman–Crippen LogP) is 4.36. The van der Waals surface area contributed by atoms with E-state index in [0.29, 0.717) is 34.8 Å². The van der Waals surface area contributed by atoms with Crippen molar-refractivity contribution in [1.29, 1.82) is 0 Å². The number of fused-ring (bicyclic) bond motifs is 2. The van der Waals surface area contributed by atoms with E-state index in [4.69, 9.17) is 4.98 Å². The number of aryl methyl sites for hydroxylation is 1. The van der Waals surface area contributed by atoms with Gasteiger partial charge in [0.15, 0.2) is 0 Å². The molecule has 172 valence electrons. The second-order valence-electron chi connectivity index (χ2n) is 8.40. The molecule has 35 heavy (non-hydrogen) atoms. The Balaban J connectivity index is 1.62. The number of rotatable bonds is 5. The lowest BCUT2D eigenvalue weighted by atomic mass is 10.2. The lowest BCUT2D eigenvalue weighted by molar-refractivity contribution is 0.610. The van der Waals surface area contributed by atoms with Gasteiger partial charge in [-0.3, -0.25) is 19.3 Å². The smallest absolute Gasteiger partial charge is 0.283 e. The molecule has 0 N–H and O–H groups in total. The van der Waals surface area contributed by atoms with E-state index in [0.717, 1.165) is 21.3 Å². The molecule has 0 aliphatic heterocycles. The van der Waals surface area contributed by atoms with Crippen LogP contribution < -0.4 is 11.1 Å². The molecule has 0 radical (unpaired) electrons. The van der Waals surface area contributed by atoms with Crippen LogP contribution in [0.5, 0.6) is 0 Å². The van der Waals surface area contributed by atoms with Crippen LogP contribution in [0, 0.1) is 6.92 Å². The number of thiazole rings is 1. The van der Waals surface area contributed by atoms with Crippen molar-refractivity contribution in [3.63, 3.8) is 0 Å². The Kier molecular flexibility index (Phi) is 5.15. The van der Waals surface area contributed by atoms with Gasteiger partial charge in [-0.15, -0.1) is 0 Å². The molecular weight excluding hydrogens is 458 g/mol. The van der Waals surface area contributed by atoms with Gasteiger partial charge >= 0.3 is 0 Å². The molecule has 6 aromatic rings. The third-order valence-corrected chi connectivity index (χ3v) is 7.19. The number of para-hydroxylation sites is 1. The summed E-state index contributed by atoms with van der Waals surface area (Å²) in [6, 6.07) is 23.1. The van der Waals surface area contributed by atoms with E-state index in [1.165, 1.54) is 11.3 Å². The first kappa shape index (κ1) is 21.2. The van der Waals surface area contributed by atoms with Crippen molar-refractivity contribution in [3.05, 3.63) is 123 Å². The van der Waals surface area contributed by atoms with Gasteiger partial charge in [0, 0.05) is 24.2 Å². The van der Waals surface area contributed by atoms with Crippen molar-refractivity contribution in [3.8, 4) is 5.13 Å². The van der Waals surface area contributed by atoms with Crippen LogP contribution in [0.4, 0.5) is 0 Å². The molecule has 0 spiro atoms. The first-order valence-electron chi connectivity index (χ1n) is 11.2. The summed E-state index contributed by atoms with van der Waals surface area (Å²) in [6.45, 7) is 2.61. The van der Waals surface area contributed by atoms with Gasteiger partial charge in [-0.2, -0.15) is 4.68 Å². The molecule has 8 heteroatoms. The molecule has 0 saturated heterocycles. The van der Waals surface area contributed by atoms with E-state index in [1.807, 2.05) is 78.3 Å². The Labute approximate surface area is 204 Å². The molecule has 0 aliphatic rings. The summed E-state index contributed by atoms with van der Waals surface area (Å²) < 4.78 is 6.12. The van der Waals surface area contributed by atoms with Crippen LogP contribution in [0.15, 0.2) is 94.8 Å². The topological polar surface area (TPSA) is 74.7 Å². The van der Waals surface area contributed by atoms with Crippen molar-refractivity contribution in [2.24, 2.45) is 0 Å². The summed E-state index contributed by atoms with van der Waals surface area (Å²) in [5.74, 6) is 0. The van der Waals surface area contributed by atoms with Crippen molar-refractivity contribution < 1.29 is 0 Å². The minimum atomic E-state index is -0.188. The number of hydrogen-bond donors (Lipinski definition) is 0. The zero-order chi connectivity index (χ0) is 23.9. The highest BCUT2D eigenvalue weighted by molar-refractivity contribution is 7.20. The minimum absolute atomic E-state index is 0.165. The molecule has 2 aromatic carbocycles. The zero-order valence-corrected chi connectivity index (χ0v) is 19.8. The molecule has 0 unspecified atom stereocenters. The third kappa shape index (κ3) is 3.68. The van der Waals surface area contributed by atoms with Crippen LogP contribution in [0.3, 0.4) is 0 Å². The van der Waals surface area contributed by atoms with E-state index < -0.39 is 0 Å². The lowest BCUT2D eigenvalue weighted by Gasteiger charge is -2.12. The molecule has 4 heterocycles. The Hall–Kier alpha value is -4.30. The quantitative estimate of drug-likeness (QED) is 0.368. The number of nitrogens with zero attached hydrogens (tertiary/aromatic N) is 5. The van der Waals surface area contributed by atoms with Crippen molar-refractivity contribution in [1.82, 2.24) is 23.9 Å². The summed E-state index contributed by atoms with van der Waals surface area (Å²) in [5, 5.41) is 1.10. The molecule has 4 aromatic heterocycles. The number of hydrogen-bond acceptors (Lipinski definition) is 5. The van der Waals surface area contributed by atoms with Gasteiger partial charge in [0.05, 0.1) is 34.2 Å². The van der Waals surface area contributed by atoms with Gasteiger partial charge in [0.25, 0.3) is 11.1 Å². The molecule has 0 amide bonds. The van der Waals surface area contributed by atoms with Crippen molar-refractivity contribution in [2.45, 2.75) is 20.0 Å². The Morgan fingerprint density at radius 3 is 2.43 bits per heavy atom. The third-order valence-electron chi connectivity index (χ3n) is 6.18. The maximum atomic E-state index is 13.9. The average molecular weight is 480 g/mol. The Bertz CT molecular complexity index is 1760. The van der Waals surface area contributed by atoms with E-state index in [-0.39, 0.29) is 11.1 Å². The number of benzene rings is 2. The van der Waals surface area contributed by atoms with Crippen LogP contribution in [0.1, 0.15) is 16.8 Å². The molecule has 0 bridgehead atoms. The summed E-state index contributed by atoms with van der Waals surface area (Å²) in [4.78, 5) is 36.1. The zero-order valence-electron chi connectivity index (χ0n) is 19.0. The number of aromatic nitrogens is 5. The maximum absolute atomic E-state index is 13.9. The van der Waals surface area contributed by atoms with Crippen LogP contribution >= 0.6 is 11.3 Å². The van der Waals surface area contributed by atoms with Gasteiger partial charge in [-0.25, -0.2) is 4.98 Å². The first-order valence-corrected chi connectivity index (χ1v) is 12.1. The van der Waals surface area contributed by atoms with Gasteiger partial charge in [0.2, 0.25) is 5.13 Å². The van der Waals surface area contributed by atoms with E-state index >= 15 is 0 Å². The molecule has 0 aliphatic carbocycles. The summed E-state index contributed by atoms with van der Waals surface area (Å²) in [5.41, 5.74) is 3.63.